The summed E-state index contributed by atoms with van der Waals surface area (Å²) in [4.78, 5) is 18.7. The highest BCUT2D eigenvalue weighted by Gasteiger charge is 2.16. The second kappa shape index (κ2) is 10.4. The first-order valence-electron chi connectivity index (χ1n) is 8.23. The maximum Gasteiger partial charge on any atom is 0.228 e. The molecule has 3 nitrogen and oxygen atoms in total. The van der Waals surface area contributed by atoms with Gasteiger partial charge in [-0.05, 0) is 48.1 Å². The van der Waals surface area contributed by atoms with Gasteiger partial charge in [-0.1, -0.05) is 31.0 Å². The van der Waals surface area contributed by atoms with E-state index in [2.05, 4.69) is 11.9 Å². The number of unbranched alkanes of at least 4 members (excludes halogenated alkanes) is 1. The van der Waals surface area contributed by atoms with Crippen LogP contribution >= 0.6 is 23.4 Å². The first-order chi connectivity index (χ1) is 11.7. The number of hydrogen-bond acceptors (Lipinski definition) is 3. The Kier molecular flexibility index (Phi) is 8.13. The SMILES string of the molecule is CCCCSCCC(=O)N(Cc1cccnc1)c1ccc(Cl)cc1. The Morgan fingerprint density at radius 2 is 2.00 bits per heavy atom. The van der Waals surface area contributed by atoms with Crippen LogP contribution < -0.4 is 4.90 Å². The van der Waals surface area contributed by atoms with E-state index in [9.17, 15) is 4.79 Å². The molecule has 0 fully saturated rings. The summed E-state index contributed by atoms with van der Waals surface area (Å²) in [6.07, 6.45) is 6.47. The smallest absolute Gasteiger partial charge is 0.228 e. The van der Waals surface area contributed by atoms with Gasteiger partial charge in [0.2, 0.25) is 5.91 Å². The molecule has 1 aromatic carbocycles. The summed E-state index contributed by atoms with van der Waals surface area (Å²) in [5.74, 6) is 2.11. The highest BCUT2D eigenvalue weighted by atomic mass is 35.5. The van der Waals surface area contributed by atoms with E-state index in [-0.39, 0.29) is 5.91 Å². The van der Waals surface area contributed by atoms with Crippen molar-refractivity contribution in [2.75, 3.05) is 16.4 Å². The summed E-state index contributed by atoms with van der Waals surface area (Å²) in [6, 6.07) is 11.3. The normalized spacial score (nSPS) is 10.6. The number of thioether (sulfide) groups is 1. The number of nitrogens with zero attached hydrogens (tertiary/aromatic N) is 2. The molecule has 0 aliphatic rings. The van der Waals surface area contributed by atoms with Crippen LogP contribution in [0.1, 0.15) is 31.7 Å². The zero-order valence-corrected chi connectivity index (χ0v) is 15.5. The number of aromatic nitrogens is 1. The minimum Gasteiger partial charge on any atom is -0.308 e. The van der Waals surface area contributed by atoms with Gasteiger partial charge < -0.3 is 4.90 Å². The first kappa shape index (κ1) is 18.8. The lowest BCUT2D eigenvalue weighted by Gasteiger charge is -2.23. The van der Waals surface area contributed by atoms with Crippen molar-refractivity contribution in [3.63, 3.8) is 0 Å². The summed E-state index contributed by atoms with van der Waals surface area (Å²) in [6.45, 7) is 2.70. The fourth-order valence-electron chi connectivity index (χ4n) is 2.26. The second-order valence-corrected chi connectivity index (χ2v) is 7.19. The van der Waals surface area contributed by atoms with Crippen molar-refractivity contribution in [3.8, 4) is 0 Å². The molecule has 0 spiro atoms. The minimum atomic E-state index is 0.130. The van der Waals surface area contributed by atoms with Gasteiger partial charge in [-0.3, -0.25) is 9.78 Å². The molecule has 0 aliphatic carbocycles. The largest absolute Gasteiger partial charge is 0.308 e. The van der Waals surface area contributed by atoms with Gasteiger partial charge in [0.1, 0.15) is 0 Å². The van der Waals surface area contributed by atoms with Gasteiger partial charge >= 0.3 is 0 Å². The van der Waals surface area contributed by atoms with Crippen LogP contribution in [0.2, 0.25) is 5.02 Å². The van der Waals surface area contributed by atoms with E-state index in [1.165, 1.54) is 12.8 Å². The topological polar surface area (TPSA) is 33.2 Å². The highest BCUT2D eigenvalue weighted by Crippen LogP contribution is 2.21. The van der Waals surface area contributed by atoms with Crippen molar-refractivity contribution in [2.24, 2.45) is 0 Å². The average Bonchev–Trinajstić information content (AvgIpc) is 2.61. The first-order valence-corrected chi connectivity index (χ1v) is 9.76. The molecule has 0 aliphatic heterocycles. The molecule has 2 rings (SSSR count). The molecule has 1 heterocycles. The second-order valence-electron chi connectivity index (χ2n) is 5.53. The summed E-state index contributed by atoms with van der Waals surface area (Å²) in [7, 11) is 0. The Labute approximate surface area is 153 Å². The molecular weight excluding hydrogens is 340 g/mol. The quantitative estimate of drug-likeness (QED) is 0.575. The van der Waals surface area contributed by atoms with Crippen molar-refractivity contribution in [2.45, 2.75) is 32.7 Å². The zero-order chi connectivity index (χ0) is 17.2. The standard InChI is InChI=1S/C19H23ClN2OS/c1-2-3-12-24-13-10-19(23)22(15-16-5-4-11-21-14-16)18-8-6-17(20)7-9-18/h4-9,11,14H,2-3,10,12-13,15H2,1H3. The van der Waals surface area contributed by atoms with Gasteiger partial charge in [-0.25, -0.2) is 0 Å². The molecule has 0 unspecified atom stereocenters. The number of benzene rings is 1. The number of hydrogen-bond donors (Lipinski definition) is 0. The van der Waals surface area contributed by atoms with Crippen LogP contribution in [0.15, 0.2) is 48.8 Å². The van der Waals surface area contributed by atoms with Gasteiger partial charge in [0, 0.05) is 35.3 Å². The fraction of sp³-hybridized carbons (Fsp3) is 0.368. The molecule has 0 N–H and O–H groups in total. The van der Waals surface area contributed by atoms with Crippen LogP contribution in [-0.2, 0) is 11.3 Å². The van der Waals surface area contributed by atoms with E-state index in [1.54, 1.807) is 12.4 Å². The van der Waals surface area contributed by atoms with Crippen LogP contribution in [-0.4, -0.2) is 22.4 Å². The van der Waals surface area contributed by atoms with Crippen LogP contribution in [0.3, 0.4) is 0 Å². The van der Waals surface area contributed by atoms with Crippen molar-refractivity contribution in [3.05, 3.63) is 59.4 Å². The number of anilines is 1. The lowest BCUT2D eigenvalue weighted by molar-refractivity contribution is -0.118. The zero-order valence-electron chi connectivity index (χ0n) is 14.0. The van der Waals surface area contributed by atoms with Gasteiger partial charge in [0.15, 0.2) is 0 Å². The molecule has 0 saturated heterocycles. The van der Waals surface area contributed by atoms with E-state index in [1.807, 2.05) is 53.1 Å². The van der Waals surface area contributed by atoms with Crippen LogP contribution in [0.25, 0.3) is 0 Å². The molecule has 128 valence electrons. The van der Waals surface area contributed by atoms with E-state index in [0.717, 1.165) is 22.8 Å². The van der Waals surface area contributed by atoms with E-state index < -0.39 is 0 Å². The average molecular weight is 363 g/mol. The van der Waals surface area contributed by atoms with E-state index in [0.29, 0.717) is 18.0 Å². The third kappa shape index (κ3) is 6.17. The molecule has 0 radical (unpaired) electrons. The monoisotopic (exact) mass is 362 g/mol. The summed E-state index contributed by atoms with van der Waals surface area (Å²) in [5.41, 5.74) is 1.88. The minimum absolute atomic E-state index is 0.130. The number of amides is 1. The Hall–Kier alpha value is -1.52. The molecule has 0 saturated carbocycles. The van der Waals surface area contributed by atoms with Crippen LogP contribution in [0, 0.1) is 0 Å². The molecule has 1 aromatic heterocycles. The van der Waals surface area contributed by atoms with Crippen LogP contribution in [0.5, 0.6) is 0 Å². The number of rotatable bonds is 9. The molecule has 0 atom stereocenters. The molecule has 0 bridgehead atoms. The Bertz CT molecular complexity index is 619. The highest BCUT2D eigenvalue weighted by molar-refractivity contribution is 7.99. The number of pyridine rings is 1. The van der Waals surface area contributed by atoms with Crippen LogP contribution in [0.4, 0.5) is 5.69 Å². The molecule has 24 heavy (non-hydrogen) atoms. The molecule has 2 aromatic rings. The van der Waals surface area contributed by atoms with Gasteiger partial charge in [-0.15, -0.1) is 0 Å². The lowest BCUT2D eigenvalue weighted by atomic mass is 10.2. The number of carbonyl (C=O) groups is 1. The predicted octanol–water partition coefficient (Wildman–Crippen LogP) is 5.19. The van der Waals surface area contributed by atoms with Crippen molar-refractivity contribution in [1.29, 1.82) is 0 Å². The Morgan fingerprint density at radius 1 is 1.21 bits per heavy atom. The Morgan fingerprint density at radius 3 is 2.67 bits per heavy atom. The van der Waals surface area contributed by atoms with Gasteiger partial charge in [0.25, 0.3) is 0 Å². The van der Waals surface area contributed by atoms with Gasteiger partial charge in [-0.2, -0.15) is 11.8 Å². The fourth-order valence-corrected chi connectivity index (χ4v) is 3.40. The van der Waals surface area contributed by atoms with E-state index in [4.69, 9.17) is 11.6 Å². The third-order valence-electron chi connectivity index (χ3n) is 3.61. The molecular formula is C19H23ClN2OS. The maximum atomic E-state index is 12.7. The van der Waals surface area contributed by atoms with Crippen molar-refractivity contribution < 1.29 is 4.79 Å². The predicted molar refractivity (Wildman–Crippen MR) is 104 cm³/mol. The summed E-state index contributed by atoms with van der Waals surface area (Å²) in [5, 5.41) is 0.669. The van der Waals surface area contributed by atoms with E-state index >= 15 is 0 Å². The third-order valence-corrected chi connectivity index (χ3v) is 4.93. The number of halogens is 1. The van der Waals surface area contributed by atoms with Gasteiger partial charge in [0.05, 0.1) is 6.54 Å². The summed E-state index contributed by atoms with van der Waals surface area (Å²) < 4.78 is 0. The maximum absolute atomic E-state index is 12.7. The summed E-state index contributed by atoms with van der Waals surface area (Å²) >= 11 is 7.82. The Balaban J connectivity index is 2.04. The lowest BCUT2D eigenvalue weighted by Crippen LogP contribution is -2.30. The van der Waals surface area contributed by atoms with Crippen molar-refractivity contribution in [1.82, 2.24) is 4.98 Å². The number of carbonyl (C=O) groups excluding carboxylic acids is 1. The van der Waals surface area contributed by atoms with Crippen molar-refractivity contribution >= 4 is 35.0 Å². The molecule has 5 heteroatoms. The molecule has 1 amide bonds.